The van der Waals surface area contributed by atoms with Gasteiger partial charge in [-0.2, -0.15) is 0 Å². The first kappa shape index (κ1) is 20.5. The lowest BCUT2D eigenvalue weighted by Crippen LogP contribution is -2.31. The van der Waals surface area contributed by atoms with Crippen molar-refractivity contribution in [1.29, 1.82) is 0 Å². The van der Waals surface area contributed by atoms with Crippen molar-refractivity contribution in [1.82, 2.24) is 14.5 Å². The number of aliphatic hydroxyl groups excluding tert-OH is 1. The number of rotatable bonds is 7. The minimum absolute atomic E-state index is 0.00789. The van der Waals surface area contributed by atoms with Crippen molar-refractivity contribution in [2.75, 3.05) is 13.7 Å². The molecule has 1 aromatic carbocycles. The molecule has 8 nitrogen and oxygen atoms in total. The number of ketones is 1. The van der Waals surface area contributed by atoms with E-state index < -0.39 is 17.7 Å². The monoisotopic (exact) mass is 421 g/mol. The van der Waals surface area contributed by atoms with Crippen molar-refractivity contribution < 1.29 is 23.8 Å². The summed E-state index contributed by atoms with van der Waals surface area (Å²) in [6.07, 6.45) is 5.83. The van der Waals surface area contributed by atoms with E-state index in [1.807, 2.05) is 10.8 Å². The Morgan fingerprint density at radius 2 is 2.00 bits per heavy atom. The highest BCUT2D eigenvalue weighted by Crippen LogP contribution is 2.41. The van der Waals surface area contributed by atoms with E-state index in [0.717, 1.165) is 0 Å². The van der Waals surface area contributed by atoms with Gasteiger partial charge < -0.3 is 23.7 Å². The second kappa shape index (κ2) is 8.51. The minimum Gasteiger partial charge on any atom is -0.507 e. The van der Waals surface area contributed by atoms with Crippen LogP contribution >= 0.6 is 0 Å². The lowest BCUT2D eigenvalue weighted by atomic mass is 9.99. The molecule has 0 saturated carbocycles. The summed E-state index contributed by atoms with van der Waals surface area (Å²) >= 11 is 0. The third-order valence-electron chi connectivity index (χ3n) is 5.31. The number of benzene rings is 1. The van der Waals surface area contributed by atoms with Gasteiger partial charge in [-0.05, 0) is 37.6 Å². The molecule has 1 atom stereocenters. The Morgan fingerprint density at radius 1 is 1.19 bits per heavy atom. The predicted octanol–water partition coefficient (Wildman–Crippen LogP) is 3.31. The number of hydrogen-bond acceptors (Lipinski definition) is 6. The number of ether oxygens (including phenoxy) is 1. The van der Waals surface area contributed by atoms with Crippen molar-refractivity contribution in [2.24, 2.45) is 0 Å². The molecule has 0 radical (unpaired) electrons. The number of Topliss-reactive ketones (excluding diaryl/α,β-unsaturated/α-hetero) is 1. The normalized spacial score (nSPS) is 18.0. The third kappa shape index (κ3) is 3.84. The Morgan fingerprint density at radius 3 is 2.68 bits per heavy atom. The SMILES string of the molecule is COc1ccccc1/C(O)=C1\C(=O)C(=O)N(CCCn2ccnc2)C1c1ccc(C)o1. The van der Waals surface area contributed by atoms with Gasteiger partial charge in [-0.15, -0.1) is 0 Å². The molecule has 1 saturated heterocycles. The topological polar surface area (TPSA) is 97.8 Å². The molecule has 4 rings (SSSR count). The van der Waals surface area contributed by atoms with Gasteiger partial charge in [0.15, 0.2) is 0 Å². The molecule has 3 aromatic rings. The lowest BCUT2D eigenvalue weighted by molar-refractivity contribution is -0.140. The van der Waals surface area contributed by atoms with Gasteiger partial charge in [-0.25, -0.2) is 4.98 Å². The molecule has 31 heavy (non-hydrogen) atoms. The fraction of sp³-hybridized carbons (Fsp3) is 0.261. The molecular formula is C23H23N3O5. The number of imidazole rings is 1. The van der Waals surface area contributed by atoms with Gasteiger partial charge in [-0.3, -0.25) is 9.59 Å². The lowest BCUT2D eigenvalue weighted by Gasteiger charge is -2.23. The summed E-state index contributed by atoms with van der Waals surface area (Å²) in [7, 11) is 1.48. The molecule has 2 aromatic heterocycles. The van der Waals surface area contributed by atoms with Gasteiger partial charge in [0, 0.05) is 25.5 Å². The molecule has 0 bridgehead atoms. The quantitative estimate of drug-likeness (QED) is 0.357. The maximum absolute atomic E-state index is 13.0. The number of furan rings is 1. The summed E-state index contributed by atoms with van der Waals surface area (Å²) < 4.78 is 13.0. The van der Waals surface area contributed by atoms with Crippen LogP contribution in [-0.4, -0.2) is 44.9 Å². The van der Waals surface area contributed by atoms with Crippen LogP contribution in [0.15, 0.2) is 65.1 Å². The van der Waals surface area contributed by atoms with Gasteiger partial charge in [0.25, 0.3) is 11.7 Å². The number of nitrogens with zero attached hydrogens (tertiary/aromatic N) is 3. The maximum atomic E-state index is 13.0. The zero-order chi connectivity index (χ0) is 22.0. The molecule has 1 aliphatic heterocycles. The van der Waals surface area contributed by atoms with Crippen LogP contribution in [0.4, 0.5) is 0 Å². The van der Waals surface area contributed by atoms with Crippen molar-refractivity contribution in [3.8, 4) is 5.75 Å². The van der Waals surface area contributed by atoms with Crippen LogP contribution in [0.3, 0.4) is 0 Å². The Labute approximate surface area is 179 Å². The van der Waals surface area contributed by atoms with E-state index in [4.69, 9.17) is 9.15 Å². The Hall–Kier alpha value is -3.81. The molecular weight excluding hydrogens is 398 g/mol. The zero-order valence-electron chi connectivity index (χ0n) is 17.3. The van der Waals surface area contributed by atoms with Crippen molar-refractivity contribution in [2.45, 2.75) is 25.9 Å². The average molecular weight is 421 g/mol. The third-order valence-corrected chi connectivity index (χ3v) is 5.31. The number of methoxy groups -OCH3 is 1. The largest absolute Gasteiger partial charge is 0.507 e. The first-order chi connectivity index (χ1) is 15.0. The van der Waals surface area contributed by atoms with Crippen LogP contribution in [0.2, 0.25) is 0 Å². The van der Waals surface area contributed by atoms with E-state index in [1.165, 1.54) is 12.0 Å². The van der Waals surface area contributed by atoms with Crippen LogP contribution in [0.25, 0.3) is 5.76 Å². The summed E-state index contributed by atoms with van der Waals surface area (Å²) in [5.74, 6) is -0.217. The minimum atomic E-state index is -0.818. The van der Waals surface area contributed by atoms with Gasteiger partial charge in [0.2, 0.25) is 0 Å². The van der Waals surface area contributed by atoms with E-state index in [0.29, 0.717) is 42.3 Å². The highest BCUT2D eigenvalue weighted by molar-refractivity contribution is 6.46. The Kier molecular flexibility index (Phi) is 5.62. The Balaban J connectivity index is 1.74. The second-order valence-electron chi connectivity index (χ2n) is 7.30. The summed E-state index contributed by atoms with van der Waals surface area (Å²) in [6, 6.07) is 9.49. The second-order valence-corrected chi connectivity index (χ2v) is 7.30. The molecule has 1 amide bonds. The molecule has 1 fully saturated rings. The summed E-state index contributed by atoms with van der Waals surface area (Å²) in [5, 5.41) is 11.1. The van der Waals surface area contributed by atoms with Gasteiger partial charge >= 0.3 is 0 Å². The van der Waals surface area contributed by atoms with E-state index in [9.17, 15) is 14.7 Å². The number of aromatic nitrogens is 2. The number of likely N-dealkylation sites (tertiary alicyclic amines) is 1. The number of carbonyl (C=O) groups excluding carboxylic acids is 2. The van der Waals surface area contributed by atoms with Crippen molar-refractivity contribution in [3.63, 3.8) is 0 Å². The predicted molar refractivity (Wildman–Crippen MR) is 112 cm³/mol. The number of carbonyl (C=O) groups is 2. The summed E-state index contributed by atoms with van der Waals surface area (Å²) in [6.45, 7) is 2.74. The fourth-order valence-corrected chi connectivity index (χ4v) is 3.83. The first-order valence-corrected chi connectivity index (χ1v) is 9.95. The number of para-hydroxylation sites is 1. The smallest absolute Gasteiger partial charge is 0.295 e. The van der Waals surface area contributed by atoms with Gasteiger partial charge in [0.1, 0.15) is 29.1 Å². The van der Waals surface area contributed by atoms with Crippen LogP contribution in [0, 0.1) is 6.92 Å². The molecule has 3 heterocycles. The van der Waals surface area contributed by atoms with Gasteiger partial charge in [-0.1, -0.05) is 12.1 Å². The van der Waals surface area contributed by atoms with Gasteiger partial charge in [0.05, 0.1) is 24.6 Å². The summed E-state index contributed by atoms with van der Waals surface area (Å²) in [5.41, 5.74) is 0.334. The van der Waals surface area contributed by atoms with E-state index >= 15 is 0 Å². The van der Waals surface area contributed by atoms with Crippen molar-refractivity contribution in [3.05, 3.63) is 77.8 Å². The zero-order valence-corrected chi connectivity index (χ0v) is 17.3. The number of aryl methyl sites for hydroxylation is 2. The molecule has 1 unspecified atom stereocenters. The number of amides is 1. The van der Waals surface area contributed by atoms with Crippen LogP contribution in [0.5, 0.6) is 5.75 Å². The van der Waals surface area contributed by atoms with E-state index in [2.05, 4.69) is 4.98 Å². The average Bonchev–Trinajstić information content (AvgIpc) is 3.50. The molecule has 1 aliphatic rings. The standard InChI is InChI=1S/C23H23N3O5/c1-15-8-9-18(31-15)20-19(21(27)16-6-3-4-7-17(16)30-2)22(28)23(29)26(20)12-5-11-25-13-10-24-14-25/h3-4,6-10,13-14,20,27H,5,11-12H2,1-2H3/b21-19+. The fourth-order valence-electron chi connectivity index (χ4n) is 3.83. The molecule has 8 heteroatoms. The molecule has 0 aliphatic carbocycles. The first-order valence-electron chi connectivity index (χ1n) is 9.95. The Bertz CT molecular complexity index is 1130. The van der Waals surface area contributed by atoms with Crippen molar-refractivity contribution >= 4 is 17.4 Å². The van der Waals surface area contributed by atoms with Crippen LogP contribution in [-0.2, 0) is 16.1 Å². The number of hydrogen-bond donors (Lipinski definition) is 1. The molecule has 160 valence electrons. The molecule has 0 spiro atoms. The van der Waals surface area contributed by atoms with E-state index in [1.54, 1.807) is 55.8 Å². The number of aliphatic hydroxyl groups is 1. The summed E-state index contributed by atoms with van der Waals surface area (Å²) in [4.78, 5) is 31.4. The highest BCUT2D eigenvalue weighted by atomic mass is 16.5. The molecule has 1 N–H and O–H groups in total. The highest BCUT2D eigenvalue weighted by Gasteiger charge is 2.47. The maximum Gasteiger partial charge on any atom is 0.295 e. The van der Waals surface area contributed by atoms with Crippen LogP contribution in [0.1, 0.15) is 29.5 Å². The van der Waals surface area contributed by atoms with Crippen LogP contribution < -0.4 is 4.74 Å². The van der Waals surface area contributed by atoms with E-state index in [-0.39, 0.29) is 11.3 Å².